The van der Waals surface area contributed by atoms with Gasteiger partial charge in [0.1, 0.15) is 6.61 Å². The third-order valence-corrected chi connectivity index (χ3v) is 3.84. The summed E-state index contributed by atoms with van der Waals surface area (Å²) in [4.78, 5) is 5.45. The lowest BCUT2D eigenvalue weighted by molar-refractivity contribution is 0.129. The van der Waals surface area contributed by atoms with E-state index < -0.39 is 0 Å². The van der Waals surface area contributed by atoms with Crippen molar-refractivity contribution in [2.75, 3.05) is 0 Å². The van der Waals surface area contributed by atoms with E-state index in [0.717, 1.165) is 11.3 Å². The molecule has 1 saturated carbocycles. The molecule has 102 valence electrons. The van der Waals surface area contributed by atoms with Gasteiger partial charge in [0.2, 0.25) is 0 Å². The highest BCUT2D eigenvalue weighted by molar-refractivity contribution is 5.87. The molecule has 0 N–H and O–H groups in total. The molecule has 20 heavy (non-hydrogen) atoms. The van der Waals surface area contributed by atoms with Gasteiger partial charge >= 0.3 is 0 Å². The van der Waals surface area contributed by atoms with E-state index in [9.17, 15) is 0 Å². The molecule has 1 fully saturated rings. The highest BCUT2D eigenvalue weighted by Crippen LogP contribution is 2.48. The number of oxime groups is 1. The van der Waals surface area contributed by atoms with Gasteiger partial charge in [0.15, 0.2) is 0 Å². The Balaban J connectivity index is 1.53. The van der Waals surface area contributed by atoms with Crippen LogP contribution in [-0.4, -0.2) is 5.71 Å². The van der Waals surface area contributed by atoms with Crippen LogP contribution in [0.4, 0.5) is 0 Å². The van der Waals surface area contributed by atoms with Crippen molar-refractivity contribution >= 4 is 5.71 Å². The standard InChI is InChI=1S/C18H19NO/c1-14(19-20-13-15-8-4-2-5-9-15)17-12-18(17)16-10-6-3-7-11-16/h2-11,17-18H,12-13H2,1H3/t17-,18-/m0/s1. The molecule has 2 aromatic rings. The first-order valence-corrected chi connectivity index (χ1v) is 7.10. The van der Waals surface area contributed by atoms with Crippen LogP contribution in [0.5, 0.6) is 0 Å². The minimum atomic E-state index is 0.543. The van der Waals surface area contributed by atoms with E-state index in [1.807, 2.05) is 18.2 Å². The van der Waals surface area contributed by atoms with E-state index in [1.165, 1.54) is 12.0 Å². The first-order chi connectivity index (χ1) is 9.84. The quantitative estimate of drug-likeness (QED) is 0.580. The molecule has 0 heterocycles. The third kappa shape index (κ3) is 3.08. The largest absolute Gasteiger partial charge is 0.391 e. The predicted molar refractivity (Wildman–Crippen MR) is 81.6 cm³/mol. The SMILES string of the molecule is CC(=NOCc1ccccc1)[C@@H]1C[C@H]1c1ccccc1. The van der Waals surface area contributed by atoms with Gasteiger partial charge in [-0.1, -0.05) is 65.8 Å². The fourth-order valence-electron chi connectivity index (χ4n) is 2.58. The molecule has 2 heteroatoms. The summed E-state index contributed by atoms with van der Waals surface area (Å²) in [7, 11) is 0. The van der Waals surface area contributed by atoms with Crippen molar-refractivity contribution in [2.45, 2.75) is 25.9 Å². The van der Waals surface area contributed by atoms with E-state index in [0.29, 0.717) is 18.4 Å². The Labute approximate surface area is 120 Å². The average molecular weight is 265 g/mol. The minimum absolute atomic E-state index is 0.543. The monoisotopic (exact) mass is 265 g/mol. The van der Waals surface area contributed by atoms with Crippen LogP contribution in [0.25, 0.3) is 0 Å². The van der Waals surface area contributed by atoms with Crippen LogP contribution in [0.15, 0.2) is 65.8 Å². The Hall–Kier alpha value is -2.09. The van der Waals surface area contributed by atoms with E-state index >= 15 is 0 Å². The first kappa shape index (κ1) is 12.9. The van der Waals surface area contributed by atoms with Crippen LogP contribution in [0, 0.1) is 5.92 Å². The molecule has 2 nitrogen and oxygen atoms in total. The maximum absolute atomic E-state index is 5.45. The number of benzene rings is 2. The van der Waals surface area contributed by atoms with Crippen molar-refractivity contribution in [2.24, 2.45) is 11.1 Å². The highest BCUT2D eigenvalue weighted by atomic mass is 16.6. The summed E-state index contributed by atoms with van der Waals surface area (Å²) in [6, 6.07) is 20.8. The molecule has 1 aliphatic rings. The first-order valence-electron chi connectivity index (χ1n) is 7.10. The van der Waals surface area contributed by atoms with Gasteiger partial charge in [-0.2, -0.15) is 0 Å². The summed E-state index contributed by atoms with van der Waals surface area (Å²) in [5.41, 5.74) is 3.67. The van der Waals surface area contributed by atoms with Crippen LogP contribution in [0.2, 0.25) is 0 Å². The van der Waals surface area contributed by atoms with Crippen molar-refractivity contribution in [3.8, 4) is 0 Å². The van der Waals surface area contributed by atoms with E-state index in [2.05, 4.69) is 54.5 Å². The zero-order chi connectivity index (χ0) is 13.8. The van der Waals surface area contributed by atoms with Gasteiger partial charge < -0.3 is 4.84 Å². The number of hydrogen-bond donors (Lipinski definition) is 0. The summed E-state index contributed by atoms with van der Waals surface area (Å²) >= 11 is 0. The lowest BCUT2D eigenvalue weighted by atomic mass is 10.1. The summed E-state index contributed by atoms with van der Waals surface area (Å²) in [5.74, 6) is 1.17. The van der Waals surface area contributed by atoms with E-state index in [1.54, 1.807) is 0 Å². The summed E-state index contributed by atoms with van der Waals surface area (Å²) in [5, 5.41) is 4.27. The van der Waals surface area contributed by atoms with Crippen molar-refractivity contribution in [1.29, 1.82) is 0 Å². The van der Waals surface area contributed by atoms with Gasteiger partial charge in [-0.3, -0.25) is 0 Å². The van der Waals surface area contributed by atoms with Crippen molar-refractivity contribution in [1.82, 2.24) is 0 Å². The lowest BCUT2D eigenvalue weighted by Gasteiger charge is -2.02. The molecule has 0 saturated heterocycles. The maximum Gasteiger partial charge on any atom is 0.142 e. The number of rotatable bonds is 5. The predicted octanol–water partition coefficient (Wildman–Crippen LogP) is 4.38. The minimum Gasteiger partial charge on any atom is -0.391 e. The number of hydrogen-bond acceptors (Lipinski definition) is 2. The van der Waals surface area contributed by atoms with Crippen molar-refractivity contribution in [3.63, 3.8) is 0 Å². The molecule has 2 aromatic carbocycles. The zero-order valence-corrected chi connectivity index (χ0v) is 11.7. The second-order valence-corrected chi connectivity index (χ2v) is 5.35. The molecule has 3 rings (SSSR count). The lowest BCUT2D eigenvalue weighted by Crippen LogP contribution is -1.98. The van der Waals surface area contributed by atoms with Gasteiger partial charge in [-0.25, -0.2) is 0 Å². The van der Waals surface area contributed by atoms with E-state index in [4.69, 9.17) is 4.84 Å². The average Bonchev–Trinajstić information content (AvgIpc) is 3.30. The smallest absolute Gasteiger partial charge is 0.142 e. The Morgan fingerprint density at radius 1 is 1.05 bits per heavy atom. The van der Waals surface area contributed by atoms with Crippen LogP contribution in [0.3, 0.4) is 0 Å². The third-order valence-electron chi connectivity index (χ3n) is 3.84. The molecule has 1 aliphatic carbocycles. The van der Waals surface area contributed by atoms with Crippen LogP contribution in [0.1, 0.15) is 30.4 Å². The molecule has 0 radical (unpaired) electrons. The summed E-state index contributed by atoms with van der Waals surface area (Å²) < 4.78 is 0. The molecule has 0 unspecified atom stereocenters. The highest BCUT2D eigenvalue weighted by Gasteiger charge is 2.40. The van der Waals surface area contributed by atoms with Crippen molar-refractivity contribution in [3.05, 3.63) is 71.8 Å². The molecule has 0 bridgehead atoms. The normalized spacial score (nSPS) is 21.6. The fraction of sp³-hybridized carbons (Fsp3) is 0.278. The molecular formula is C18H19NO. The summed E-state index contributed by atoms with van der Waals surface area (Å²) in [6.07, 6.45) is 1.19. The topological polar surface area (TPSA) is 21.6 Å². The summed E-state index contributed by atoms with van der Waals surface area (Å²) in [6.45, 7) is 2.61. The van der Waals surface area contributed by atoms with Gasteiger partial charge in [-0.15, -0.1) is 0 Å². The molecule has 0 spiro atoms. The fourth-order valence-corrected chi connectivity index (χ4v) is 2.58. The molecule has 0 aliphatic heterocycles. The van der Waals surface area contributed by atoms with Gasteiger partial charge in [0.05, 0.1) is 5.71 Å². The molecular weight excluding hydrogens is 246 g/mol. The second-order valence-electron chi connectivity index (χ2n) is 5.35. The van der Waals surface area contributed by atoms with Crippen LogP contribution in [-0.2, 0) is 11.4 Å². The number of nitrogens with zero attached hydrogens (tertiary/aromatic N) is 1. The van der Waals surface area contributed by atoms with Crippen LogP contribution >= 0.6 is 0 Å². The molecule has 2 atom stereocenters. The molecule has 0 aromatic heterocycles. The Kier molecular flexibility index (Phi) is 3.82. The van der Waals surface area contributed by atoms with Gasteiger partial charge in [-0.05, 0) is 30.4 Å². The van der Waals surface area contributed by atoms with Gasteiger partial charge in [0.25, 0.3) is 0 Å². The molecule has 0 amide bonds. The zero-order valence-electron chi connectivity index (χ0n) is 11.7. The Bertz CT molecular complexity index is 577. The Morgan fingerprint density at radius 2 is 1.70 bits per heavy atom. The van der Waals surface area contributed by atoms with Crippen LogP contribution < -0.4 is 0 Å². The maximum atomic E-state index is 5.45. The van der Waals surface area contributed by atoms with Crippen molar-refractivity contribution < 1.29 is 4.84 Å². The Morgan fingerprint density at radius 3 is 2.40 bits per heavy atom. The van der Waals surface area contributed by atoms with Gasteiger partial charge in [0, 0.05) is 5.92 Å². The second kappa shape index (κ2) is 5.91. The van der Waals surface area contributed by atoms with E-state index in [-0.39, 0.29) is 0 Å².